The fourth-order valence-electron chi connectivity index (χ4n) is 2.75. The van der Waals surface area contributed by atoms with Crippen molar-refractivity contribution in [1.29, 1.82) is 0 Å². The van der Waals surface area contributed by atoms with Gasteiger partial charge in [-0.25, -0.2) is 0 Å². The van der Waals surface area contributed by atoms with E-state index in [1.807, 2.05) is 4.68 Å². The second-order valence-corrected chi connectivity index (χ2v) is 5.99. The zero-order valence-electron chi connectivity index (χ0n) is 13.6. The highest BCUT2D eigenvalue weighted by molar-refractivity contribution is 5.92. The Morgan fingerprint density at radius 3 is 2.87 bits per heavy atom. The molecule has 0 aliphatic heterocycles. The monoisotopic (exact) mass is 315 g/mol. The number of methoxy groups -OCH3 is 1. The number of aryl methyl sites for hydroxylation is 1. The Kier molecular flexibility index (Phi) is 4.27. The Bertz CT molecular complexity index is 693. The lowest BCUT2D eigenvalue weighted by Gasteiger charge is -2.22. The molecule has 2 aromatic rings. The average molecular weight is 315 g/mol. The molecular formula is C16H21N5O2. The number of hydrogen-bond donors (Lipinski definition) is 1. The minimum atomic E-state index is -0.239. The predicted octanol–water partition coefficient (Wildman–Crippen LogP) is 2.07. The number of aromatic nitrogens is 4. The van der Waals surface area contributed by atoms with Crippen molar-refractivity contribution in [3.63, 3.8) is 0 Å². The van der Waals surface area contributed by atoms with E-state index in [2.05, 4.69) is 40.7 Å². The smallest absolute Gasteiger partial charge is 0.272 e. The predicted molar refractivity (Wildman–Crippen MR) is 84.3 cm³/mol. The molecule has 23 heavy (non-hydrogen) atoms. The van der Waals surface area contributed by atoms with Crippen molar-refractivity contribution in [1.82, 2.24) is 25.3 Å². The lowest BCUT2D eigenvalue weighted by atomic mass is 9.93. The quantitative estimate of drug-likeness (QED) is 0.934. The number of amides is 1. The van der Waals surface area contributed by atoms with Gasteiger partial charge in [-0.05, 0) is 44.7 Å². The number of rotatable bonds is 4. The molecule has 0 fully saturated rings. The van der Waals surface area contributed by atoms with Crippen LogP contribution in [0.4, 0.5) is 0 Å². The summed E-state index contributed by atoms with van der Waals surface area (Å²) in [6, 6.07) is 3.47. The van der Waals surface area contributed by atoms with Gasteiger partial charge < -0.3 is 10.1 Å². The molecule has 2 aromatic heterocycles. The largest absolute Gasteiger partial charge is 0.480 e. The van der Waals surface area contributed by atoms with E-state index in [1.54, 1.807) is 12.1 Å². The van der Waals surface area contributed by atoms with Crippen LogP contribution in [0.1, 0.15) is 60.5 Å². The van der Waals surface area contributed by atoms with Gasteiger partial charge in [0.1, 0.15) is 0 Å². The Morgan fingerprint density at radius 1 is 1.39 bits per heavy atom. The minimum absolute atomic E-state index is 0.0739. The van der Waals surface area contributed by atoms with Crippen molar-refractivity contribution in [3.8, 4) is 5.88 Å². The summed E-state index contributed by atoms with van der Waals surface area (Å²) in [6.07, 6.45) is 5.02. The Labute approximate surface area is 135 Å². The molecule has 0 saturated carbocycles. The SMILES string of the molecule is COc1ccc(C(=O)NC2CCCc3cn(C(C)C)nc32)nn1. The molecule has 1 unspecified atom stereocenters. The van der Waals surface area contributed by atoms with Crippen molar-refractivity contribution in [2.75, 3.05) is 7.11 Å². The second kappa shape index (κ2) is 6.36. The van der Waals surface area contributed by atoms with Gasteiger partial charge in [0.2, 0.25) is 5.88 Å². The summed E-state index contributed by atoms with van der Waals surface area (Å²) < 4.78 is 6.91. The van der Waals surface area contributed by atoms with Crippen molar-refractivity contribution in [2.24, 2.45) is 0 Å². The topological polar surface area (TPSA) is 81.9 Å². The summed E-state index contributed by atoms with van der Waals surface area (Å²) in [4.78, 5) is 12.4. The van der Waals surface area contributed by atoms with Crippen molar-refractivity contribution in [2.45, 2.75) is 45.2 Å². The van der Waals surface area contributed by atoms with Crippen LogP contribution in [0.25, 0.3) is 0 Å². The van der Waals surface area contributed by atoms with E-state index in [4.69, 9.17) is 4.74 Å². The van der Waals surface area contributed by atoms with E-state index in [0.717, 1.165) is 25.0 Å². The van der Waals surface area contributed by atoms with Crippen LogP contribution >= 0.6 is 0 Å². The van der Waals surface area contributed by atoms with Gasteiger partial charge in [-0.15, -0.1) is 10.2 Å². The third kappa shape index (κ3) is 3.18. The molecule has 7 heteroatoms. The molecule has 7 nitrogen and oxygen atoms in total. The molecule has 2 heterocycles. The lowest BCUT2D eigenvalue weighted by molar-refractivity contribution is 0.0925. The van der Waals surface area contributed by atoms with Crippen LogP contribution < -0.4 is 10.1 Å². The molecule has 3 rings (SSSR count). The molecule has 1 aliphatic rings. The maximum absolute atomic E-state index is 12.4. The number of nitrogens with one attached hydrogen (secondary N) is 1. The molecule has 1 aliphatic carbocycles. The van der Waals surface area contributed by atoms with Crippen molar-refractivity contribution >= 4 is 5.91 Å². The van der Waals surface area contributed by atoms with E-state index >= 15 is 0 Å². The molecule has 122 valence electrons. The standard InChI is InChI=1S/C16H21N5O2/c1-10(2)21-9-11-5-4-6-12(15(11)20-21)17-16(22)13-7-8-14(23-3)19-18-13/h7-10,12H,4-6H2,1-3H3,(H,17,22). The van der Waals surface area contributed by atoms with Gasteiger partial charge in [0.15, 0.2) is 5.69 Å². The number of fused-ring (bicyclic) bond motifs is 1. The van der Waals surface area contributed by atoms with Crippen LogP contribution in [-0.4, -0.2) is 33.0 Å². The van der Waals surface area contributed by atoms with Gasteiger partial charge in [-0.2, -0.15) is 5.10 Å². The number of nitrogens with zero attached hydrogens (tertiary/aromatic N) is 4. The zero-order chi connectivity index (χ0) is 16.4. The highest BCUT2D eigenvalue weighted by Crippen LogP contribution is 2.29. The summed E-state index contributed by atoms with van der Waals surface area (Å²) in [5, 5.41) is 15.4. The normalized spacial score (nSPS) is 17.0. The highest BCUT2D eigenvalue weighted by Gasteiger charge is 2.26. The van der Waals surface area contributed by atoms with Gasteiger partial charge in [0, 0.05) is 18.3 Å². The zero-order valence-corrected chi connectivity index (χ0v) is 13.6. The first-order valence-electron chi connectivity index (χ1n) is 7.85. The molecule has 0 bridgehead atoms. The first-order chi connectivity index (χ1) is 11.1. The van der Waals surface area contributed by atoms with Crippen LogP contribution in [0.2, 0.25) is 0 Å². The maximum Gasteiger partial charge on any atom is 0.272 e. The first kappa shape index (κ1) is 15.5. The molecule has 0 spiro atoms. The molecule has 1 atom stereocenters. The number of ether oxygens (including phenoxy) is 1. The fourth-order valence-corrected chi connectivity index (χ4v) is 2.75. The molecule has 0 saturated heterocycles. The highest BCUT2D eigenvalue weighted by atomic mass is 16.5. The van der Waals surface area contributed by atoms with E-state index < -0.39 is 0 Å². The molecule has 0 radical (unpaired) electrons. The van der Waals surface area contributed by atoms with Gasteiger partial charge in [0.05, 0.1) is 18.8 Å². The summed E-state index contributed by atoms with van der Waals surface area (Å²) >= 11 is 0. The minimum Gasteiger partial charge on any atom is -0.480 e. The molecule has 1 amide bonds. The Balaban J connectivity index is 1.77. The summed E-state index contributed by atoms with van der Waals surface area (Å²) in [7, 11) is 1.51. The Hall–Kier alpha value is -2.44. The Morgan fingerprint density at radius 2 is 2.22 bits per heavy atom. The summed E-state index contributed by atoms with van der Waals surface area (Å²) in [5.41, 5.74) is 2.47. The summed E-state index contributed by atoms with van der Waals surface area (Å²) in [5.74, 6) is 0.147. The molecular weight excluding hydrogens is 294 g/mol. The van der Waals surface area contributed by atoms with E-state index in [9.17, 15) is 4.79 Å². The van der Waals surface area contributed by atoms with Gasteiger partial charge in [-0.3, -0.25) is 9.48 Å². The summed E-state index contributed by atoms with van der Waals surface area (Å²) in [6.45, 7) is 4.19. The van der Waals surface area contributed by atoms with E-state index in [0.29, 0.717) is 11.9 Å². The third-order valence-electron chi connectivity index (χ3n) is 4.03. The second-order valence-electron chi connectivity index (χ2n) is 5.99. The average Bonchev–Trinajstić information content (AvgIpc) is 3.00. The number of hydrogen-bond acceptors (Lipinski definition) is 5. The van der Waals surface area contributed by atoms with E-state index in [1.165, 1.54) is 12.7 Å². The number of carbonyl (C=O) groups is 1. The van der Waals surface area contributed by atoms with Gasteiger partial charge in [0.25, 0.3) is 5.91 Å². The van der Waals surface area contributed by atoms with Crippen LogP contribution in [0.5, 0.6) is 5.88 Å². The van der Waals surface area contributed by atoms with Gasteiger partial charge >= 0.3 is 0 Å². The third-order valence-corrected chi connectivity index (χ3v) is 4.03. The first-order valence-corrected chi connectivity index (χ1v) is 7.85. The maximum atomic E-state index is 12.4. The van der Waals surface area contributed by atoms with E-state index in [-0.39, 0.29) is 17.6 Å². The van der Waals surface area contributed by atoms with Crippen molar-refractivity contribution < 1.29 is 9.53 Å². The molecule has 0 aromatic carbocycles. The number of carbonyl (C=O) groups excluding carboxylic acids is 1. The van der Waals surface area contributed by atoms with Crippen LogP contribution in [0, 0.1) is 0 Å². The van der Waals surface area contributed by atoms with Crippen LogP contribution in [-0.2, 0) is 6.42 Å². The lowest BCUT2D eigenvalue weighted by Crippen LogP contribution is -2.31. The van der Waals surface area contributed by atoms with Crippen LogP contribution in [0.3, 0.4) is 0 Å². The van der Waals surface area contributed by atoms with Crippen molar-refractivity contribution in [3.05, 3.63) is 35.3 Å². The fraction of sp³-hybridized carbons (Fsp3) is 0.500. The van der Waals surface area contributed by atoms with Crippen LogP contribution in [0.15, 0.2) is 18.3 Å². The van der Waals surface area contributed by atoms with Gasteiger partial charge in [-0.1, -0.05) is 0 Å². The molecule has 1 N–H and O–H groups in total.